The summed E-state index contributed by atoms with van der Waals surface area (Å²) in [6.45, 7) is 1.74. The van der Waals surface area contributed by atoms with E-state index < -0.39 is 5.91 Å². The molecule has 19 heavy (non-hydrogen) atoms. The number of nitrogens with zero attached hydrogens (tertiary/aromatic N) is 1. The topological polar surface area (TPSA) is 62.2 Å². The van der Waals surface area contributed by atoms with Gasteiger partial charge in [0.2, 0.25) is 0 Å². The summed E-state index contributed by atoms with van der Waals surface area (Å²) in [5.41, 5.74) is 0.792. The summed E-state index contributed by atoms with van der Waals surface area (Å²) in [7, 11) is 0. The summed E-state index contributed by atoms with van der Waals surface area (Å²) in [4.78, 5) is 15.6. The molecule has 2 N–H and O–H groups in total. The van der Waals surface area contributed by atoms with Gasteiger partial charge in [-0.2, -0.15) is 0 Å². The molecule has 98 valence electrons. The fraction of sp³-hybridized carbons (Fsp3) is 0.143. The van der Waals surface area contributed by atoms with E-state index in [2.05, 4.69) is 10.3 Å². The van der Waals surface area contributed by atoms with Crippen molar-refractivity contribution >= 4 is 5.91 Å². The van der Waals surface area contributed by atoms with Crippen molar-refractivity contribution < 1.29 is 14.3 Å². The monoisotopic (exact) mass is 260 g/mol. The molecule has 1 atom stereocenters. The first-order valence-electron chi connectivity index (χ1n) is 5.77. The standard InChI is InChI=1S/C14H13FN2O2/c1-9(10-3-2-4-11(15)7-10)17-14(19)12-5-6-16-8-13(12)18/h2-9,18H,1H3,(H,17,19). The maximum atomic E-state index is 13.1. The van der Waals surface area contributed by atoms with Gasteiger partial charge >= 0.3 is 0 Å². The van der Waals surface area contributed by atoms with Gasteiger partial charge in [0.25, 0.3) is 5.91 Å². The lowest BCUT2D eigenvalue weighted by Gasteiger charge is -2.14. The third-order valence-electron chi connectivity index (χ3n) is 2.74. The Morgan fingerprint density at radius 3 is 2.89 bits per heavy atom. The molecule has 5 heteroatoms. The van der Waals surface area contributed by atoms with Gasteiger partial charge in [0.15, 0.2) is 0 Å². The molecule has 1 heterocycles. The first kappa shape index (κ1) is 13.0. The van der Waals surface area contributed by atoms with E-state index in [1.54, 1.807) is 19.1 Å². The highest BCUT2D eigenvalue weighted by molar-refractivity contribution is 5.96. The number of nitrogens with one attached hydrogen (secondary N) is 1. The van der Waals surface area contributed by atoms with Crippen LogP contribution in [0.15, 0.2) is 42.7 Å². The van der Waals surface area contributed by atoms with Crippen molar-refractivity contribution in [2.45, 2.75) is 13.0 Å². The van der Waals surface area contributed by atoms with Crippen molar-refractivity contribution in [1.29, 1.82) is 0 Å². The summed E-state index contributed by atoms with van der Waals surface area (Å²) >= 11 is 0. The molecule has 0 aliphatic heterocycles. The molecule has 1 aromatic carbocycles. The minimum atomic E-state index is -0.434. The second-order valence-corrected chi connectivity index (χ2v) is 4.14. The second-order valence-electron chi connectivity index (χ2n) is 4.14. The highest BCUT2D eigenvalue weighted by Gasteiger charge is 2.14. The van der Waals surface area contributed by atoms with E-state index in [4.69, 9.17) is 0 Å². The number of aromatic hydroxyl groups is 1. The van der Waals surface area contributed by atoms with E-state index in [9.17, 15) is 14.3 Å². The van der Waals surface area contributed by atoms with Gasteiger partial charge in [-0.3, -0.25) is 9.78 Å². The van der Waals surface area contributed by atoms with Gasteiger partial charge in [0.1, 0.15) is 11.6 Å². The predicted molar refractivity (Wildman–Crippen MR) is 68.2 cm³/mol. The van der Waals surface area contributed by atoms with E-state index in [1.807, 2.05) is 0 Å². The molecule has 0 saturated carbocycles. The number of hydrogen-bond acceptors (Lipinski definition) is 3. The molecule has 1 aromatic heterocycles. The van der Waals surface area contributed by atoms with Crippen LogP contribution in [0.25, 0.3) is 0 Å². The smallest absolute Gasteiger partial charge is 0.255 e. The van der Waals surface area contributed by atoms with Crippen LogP contribution in [0.2, 0.25) is 0 Å². The molecule has 0 aliphatic carbocycles. The predicted octanol–water partition coefficient (Wildman–Crippen LogP) is 2.42. The number of hydrogen-bond donors (Lipinski definition) is 2. The molecule has 0 spiro atoms. The van der Waals surface area contributed by atoms with Crippen LogP contribution in [-0.2, 0) is 0 Å². The normalized spacial score (nSPS) is 11.9. The first-order valence-corrected chi connectivity index (χ1v) is 5.77. The minimum Gasteiger partial charge on any atom is -0.505 e. The Bertz CT molecular complexity index is 602. The lowest BCUT2D eigenvalue weighted by molar-refractivity contribution is 0.0937. The molecule has 0 radical (unpaired) electrons. The van der Waals surface area contributed by atoms with Gasteiger partial charge in [-0.15, -0.1) is 0 Å². The van der Waals surface area contributed by atoms with E-state index in [-0.39, 0.29) is 23.2 Å². The van der Waals surface area contributed by atoms with Gasteiger partial charge in [0.05, 0.1) is 17.8 Å². The van der Waals surface area contributed by atoms with Crippen molar-refractivity contribution in [3.05, 3.63) is 59.7 Å². The maximum Gasteiger partial charge on any atom is 0.255 e. The second kappa shape index (κ2) is 5.48. The molecule has 0 aliphatic rings. The van der Waals surface area contributed by atoms with Crippen molar-refractivity contribution in [1.82, 2.24) is 10.3 Å². The van der Waals surface area contributed by atoms with Gasteiger partial charge in [-0.1, -0.05) is 12.1 Å². The average molecular weight is 260 g/mol. The fourth-order valence-corrected chi connectivity index (χ4v) is 1.71. The molecule has 4 nitrogen and oxygen atoms in total. The van der Waals surface area contributed by atoms with Crippen molar-refractivity contribution in [2.24, 2.45) is 0 Å². The fourth-order valence-electron chi connectivity index (χ4n) is 1.71. The van der Waals surface area contributed by atoms with Crippen LogP contribution in [0.1, 0.15) is 28.9 Å². The minimum absolute atomic E-state index is 0.137. The number of pyridine rings is 1. The van der Waals surface area contributed by atoms with Crippen LogP contribution in [0, 0.1) is 5.82 Å². The van der Waals surface area contributed by atoms with Crippen LogP contribution in [0.4, 0.5) is 4.39 Å². The molecule has 2 rings (SSSR count). The van der Waals surface area contributed by atoms with E-state index in [1.165, 1.54) is 30.6 Å². The zero-order valence-corrected chi connectivity index (χ0v) is 10.3. The third kappa shape index (κ3) is 3.07. The third-order valence-corrected chi connectivity index (χ3v) is 2.74. The zero-order chi connectivity index (χ0) is 13.8. The van der Waals surface area contributed by atoms with Crippen LogP contribution in [0.3, 0.4) is 0 Å². The van der Waals surface area contributed by atoms with Crippen LogP contribution in [0.5, 0.6) is 5.75 Å². The maximum absolute atomic E-state index is 13.1. The summed E-state index contributed by atoms with van der Waals surface area (Å²) in [6, 6.07) is 7.06. The molecule has 0 saturated heterocycles. The number of benzene rings is 1. The quantitative estimate of drug-likeness (QED) is 0.890. The highest BCUT2D eigenvalue weighted by Crippen LogP contribution is 2.17. The molecular weight excluding hydrogens is 247 g/mol. The summed E-state index contributed by atoms with van der Waals surface area (Å²) < 4.78 is 13.1. The van der Waals surface area contributed by atoms with Gasteiger partial charge in [-0.05, 0) is 30.7 Å². The molecule has 0 fully saturated rings. The SMILES string of the molecule is CC(NC(=O)c1ccncc1O)c1cccc(F)c1. The van der Waals surface area contributed by atoms with Gasteiger partial charge in [-0.25, -0.2) is 4.39 Å². The van der Waals surface area contributed by atoms with Crippen LogP contribution < -0.4 is 5.32 Å². The summed E-state index contributed by atoms with van der Waals surface area (Å²) in [5.74, 6) is -0.978. The number of rotatable bonds is 3. The number of halogens is 1. The van der Waals surface area contributed by atoms with Crippen LogP contribution >= 0.6 is 0 Å². The molecular formula is C14H13FN2O2. The Balaban J connectivity index is 2.13. The van der Waals surface area contributed by atoms with E-state index >= 15 is 0 Å². The largest absolute Gasteiger partial charge is 0.505 e. The van der Waals surface area contributed by atoms with Crippen molar-refractivity contribution in [2.75, 3.05) is 0 Å². The van der Waals surface area contributed by atoms with Crippen molar-refractivity contribution in [3.8, 4) is 5.75 Å². The van der Waals surface area contributed by atoms with Crippen LogP contribution in [-0.4, -0.2) is 16.0 Å². The zero-order valence-electron chi connectivity index (χ0n) is 10.3. The Kier molecular flexibility index (Phi) is 3.75. The lowest BCUT2D eigenvalue weighted by Crippen LogP contribution is -2.26. The van der Waals surface area contributed by atoms with Crippen molar-refractivity contribution in [3.63, 3.8) is 0 Å². The Morgan fingerprint density at radius 2 is 2.21 bits per heavy atom. The number of carbonyl (C=O) groups is 1. The average Bonchev–Trinajstić information content (AvgIpc) is 2.39. The lowest BCUT2D eigenvalue weighted by atomic mass is 10.1. The highest BCUT2D eigenvalue weighted by atomic mass is 19.1. The molecule has 1 amide bonds. The Morgan fingerprint density at radius 1 is 1.42 bits per heavy atom. The first-order chi connectivity index (χ1) is 9.08. The number of amides is 1. The molecule has 0 bridgehead atoms. The Hall–Kier alpha value is -2.43. The number of aromatic nitrogens is 1. The Labute approximate surface area is 109 Å². The molecule has 1 unspecified atom stereocenters. The molecule has 2 aromatic rings. The number of carbonyl (C=O) groups excluding carboxylic acids is 1. The van der Waals surface area contributed by atoms with E-state index in [0.717, 1.165) is 0 Å². The summed E-state index contributed by atoms with van der Waals surface area (Å²) in [5, 5.41) is 12.2. The summed E-state index contributed by atoms with van der Waals surface area (Å²) in [6.07, 6.45) is 2.61. The van der Waals surface area contributed by atoms with Gasteiger partial charge < -0.3 is 10.4 Å². The van der Waals surface area contributed by atoms with Gasteiger partial charge in [0, 0.05) is 6.20 Å². The van der Waals surface area contributed by atoms with E-state index in [0.29, 0.717) is 5.56 Å².